The molecule has 2 atom stereocenters. The third-order valence-corrected chi connectivity index (χ3v) is 2.76. The second-order valence-electron chi connectivity index (χ2n) is 4.11. The summed E-state index contributed by atoms with van der Waals surface area (Å²) in [7, 11) is 1.65. The number of hydrogen-bond donors (Lipinski definition) is 1. The molecule has 1 N–H and O–H groups in total. The Bertz CT molecular complexity index is 217. The van der Waals surface area contributed by atoms with Crippen molar-refractivity contribution in [3.8, 4) is 0 Å². The van der Waals surface area contributed by atoms with Crippen molar-refractivity contribution >= 4 is 6.16 Å². The van der Waals surface area contributed by atoms with E-state index < -0.39 is 6.16 Å². The first-order valence-electron chi connectivity index (χ1n) is 6.71. The van der Waals surface area contributed by atoms with Gasteiger partial charge in [0.1, 0.15) is 0 Å². The maximum absolute atomic E-state index is 10.3. The second-order valence-corrected chi connectivity index (χ2v) is 4.11. The molecule has 0 fully saturated rings. The van der Waals surface area contributed by atoms with Crippen LogP contribution in [0.1, 0.15) is 33.1 Å². The molecular weight excluding hydrogens is 252 g/mol. The Morgan fingerprint density at radius 3 is 2.37 bits per heavy atom. The zero-order chi connectivity index (χ0) is 14.5. The summed E-state index contributed by atoms with van der Waals surface area (Å²) in [5, 5.41) is 8.43. The summed E-state index contributed by atoms with van der Waals surface area (Å²) in [5.74, 6) is 0. The molecule has 0 bridgehead atoms. The van der Waals surface area contributed by atoms with Gasteiger partial charge >= 0.3 is 6.16 Å². The van der Waals surface area contributed by atoms with Crippen LogP contribution in [0.5, 0.6) is 0 Å². The molecule has 0 aliphatic heterocycles. The van der Waals surface area contributed by atoms with Crippen LogP contribution in [-0.4, -0.2) is 57.0 Å². The highest BCUT2D eigenvalue weighted by Crippen LogP contribution is 2.08. The zero-order valence-electron chi connectivity index (χ0n) is 12.1. The molecule has 0 amide bonds. The van der Waals surface area contributed by atoms with Crippen molar-refractivity contribution in [2.45, 2.75) is 45.3 Å². The second kappa shape index (κ2) is 12.2. The van der Waals surface area contributed by atoms with Crippen molar-refractivity contribution in [2.75, 3.05) is 33.5 Å². The molecule has 0 spiro atoms. The van der Waals surface area contributed by atoms with Crippen molar-refractivity contribution in [3.05, 3.63) is 0 Å². The van der Waals surface area contributed by atoms with Crippen LogP contribution in [0.2, 0.25) is 0 Å². The molecule has 6 heteroatoms. The van der Waals surface area contributed by atoms with E-state index in [1.54, 1.807) is 7.11 Å². The van der Waals surface area contributed by atoms with E-state index >= 15 is 0 Å². The molecule has 0 saturated carbocycles. The molecule has 0 saturated heterocycles. The third kappa shape index (κ3) is 10.7. The fourth-order valence-corrected chi connectivity index (χ4v) is 1.54. The largest absolute Gasteiger partial charge is 0.505 e. The Balaban J connectivity index is 3.97. The van der Waals surface area contributed by atoms with E-state index in [2.05, 4.69) is 4.74 Å². The lowest BCUT2D eigenvalue weighted by atomic mass is 10.2. The van der Waals surface area contributed by atoms with Crippen molar-refractivity contribution in [3.63, 3.8) is 0 Å². The quantitative estimate of drug-likeness (QED) is 0.436. The van der Waals surface area contributed by atoms with E-state index in [1.807, 2.05) is 13.8 Å². The number of carboxylic acid groups (broad SMARTS) is 1. The van der Waals surface area contributed by atoms with Gasteiger partial charge in [-0.05, 0) is 19.8 Å². The molecule has 2 unspecified atom stereocenters. The van der Waals surface area contributed by atoms with Crippen LogP contribution < -0.4 is 0 Å². The first kappa shape index (κ1) is 18.1. The van der Waals surface area contributed by atoms with Gasteiger partial charge < -0.3 is 24.1 Å². The fourth-order valence-electron chi connectivity index (χ4n) is 1.54. The Morgan fingerprint density at radius 1 is 1.16 bits per heavy atom. The van der Waals surface area contributed by atoms with E-state index in [1.165, 1.54) is 0 Å². The molecule has 0 aromatic carbocycles. The van der Waals surface area contributed by atoms with Gasteiger partial charge in [0.25, 0.3) is 0 Å². The lowest BCUT2D eigenvalue weighted by Gasteiger charge is -2.21. The van der Waals surface area contributed by atoms with Gasteiger partial charge in [-0.3, -0.25) is 0 Å². The average Bonchev–Trinajstić information content (AvgIpc) is 2.39. The van der Waals surface area contributed by atoms with Gasteiger partial charge in [-0.2, -0.15) is 0 Å². The first-order chi connectivity index (χ1) is 9.13. The lowest BCUT2D eigenvalue weighted by molar-refractivity contribution is -0.0472. The van der Waals surface area contributed by atoms with Crippen LogP contribution in [0.3, 0.4) is 0 Å². The Kier molecular flexibility index (Phi) is 11.7. The summed E-state index contributed by atoms with van der Waals surface area (Å²) in [6.07, 6.45) is 0.855. The smallest absolute Gasteiger partial charge is 0.450 e. The summed E-state index contributed by atoms with van der Waals surface area (Å²) in [6.45, 7) is 5.85. The van der Waals surface area contributed by atoms with Crippen LogP contribution in [0.25, 0.3) is 0 Å². The maximum Gasteiger partial charge on any atom is 0.505 e. The van der Waals surface area contributed by atoms with Crippen LogP contribution in [-0.2, 0) is 18.9 Å². The van der Waals surface area contributed by atoms with E-state index in [0.29, 0.717) is 26.2 Å². The number of ether oxygens (including phenoxy) is 4. The summed E-state index contributed by atoms with van der Waals surface area (Å²) < 4.78 is 20.8. The van der Waals surface area contributed by atoms with Crippen molar-refractivity contribution in [2.24, 2.45) is 0 Å². The standard InChI is InChI=1S/C13H26O6/c1-4-11(16-3)10-19-12(6-8-17-5-2)7-9-18-13(14)15/h11-12H,4-10H2,1-3H3,(H,14,15). The Labute approximate surface area is 115 Å². The predicted molar refractivity (Wildman–Crippen MR) is 70.5 cm³/mol. The topological polar surface area (TPSA) is 74.2 Å². The molecule has 0 aromatic heterocycles. The van der Waals surface area contributed by atoms with E-state index in [0.717, 1.165) is 12.8 Å². The van der Waals surface area contributed by atoms with Gasteiger partial charge in [0.05, 0.1) is 25.4 Å². The van der Waals surface area contributed by atoms with Crippen molar-refractivity contribution < 1.29 is 28.8 Å². The lowest BCUT2D eigenvalue weighted by Crippen LogP contribution is -2.25. The fraction of sp³-hybridized carbons (Fsp3) is 0.923. The maximum atomic E-state index is 10.3. The highest BCUT2D eigenvalue weighted by atomic mass is 16.7. The summed E-state index contributed by atoms with van der Waals surface area (Å²) >= 11 is 0. The minimum Gasteiger partial charge on any atom is -0.450 e. The Hall–Kier alpha value is -0.850. The molecular formula is C13H26O6. The van der Waals surface area contributed by atoms with Crippen LogP contribution >= 0.6 is 0 Å². The van der Waals surface area contributed by atoms with Gasteiger partial charge in [-0.1, -0.05) is 6.92 Å². The van der Waals surface area contributed by atoms with E-state index in [4.69, 9.17) is 19.3 Å². The molecule has 0 radical (unpaired) electrons. The van der Waals surface area contributed by atoms with Crippen LogP contribution in [0.15, 0.2) is 0 Å². The normalized spacial score (nSPS) is 14.1. The highest BCUT2D eigenvalue weighted by molar-refractivity contribution is 5.56. The van der Waals surface area contributed by atoms with E-state index in [9.17, 15) is 4.79 Å². The number of carbonyl (C=O) groups is 1. The molecule has 0 aliphatic rings. The molecule has 0 rings (SSSR count). The van der Waals surface area contributed by atoms with Gasteiger partial charge in [-0.15, -0.1) is 0 Å². The summed E-state index contributed by atoms with van der Waals surface area (Å²) in [5.41, 5.74) is 0. The van der Waals surface area contributed by atoms with Crippen molar-refractivity contribution in [1.82, 2.24) is 0 Å². The molecule has 0 heterocycles. The monoisotopic (exact) mass is 278 g/mol. The van der Waals surface area contributed by atoms with Crippen LogP contribution in [0.4, 0.5) is 4.79 Å². The van der Waals surface area contributed by atoms with Gasteiger partial charge in [0.15, 0.2) is 0 Å². The van der Waals surface area contributed by atoms with E-state index in [-0.39, 0.29) is 18.8 Å². The molecule has 0 aromatic rings. The SMILES string of the molecule is CCOCCC(CCOC(=O)O)OCC(CC)OC. The highest BCUT2D eigenvalue weighted by Gasteiger charge is 2.13. The van der Waals surface area contributed by atoms with Gasteiger partial charge in [0, 0.05) is 26.7 Å². The zero-order valence-corrected chi connectivity index (χ0v) is 12.1. The minimum atomic E-state index is -1.26. The van der Waals surface area contributed by atoms with Crippen LogP contribution in [0, 0.1) is 0 Å². The number of methoxy groups -OCH3 is 1. The minimum absolute atomic E-state index is 0.0648. The molecule has 0 aliphatic carbocycles. The molecule has 19 heavy (non-hydrogen) atoms. The third-order valence-electron chi connectivity index (χ3n) is 2.76. The molecule has 6 nitrogen and oxygen atoms in total. The predicted octanol–water partition coefficient (Wildman–Crippen LogP) is 2.31. The van der Waals surface area contributed by atoms with Gasteiger partial charge in [-0.25, -0.2) is 4.79 Å². The summed E-state index contributed by atoms with van der Waals surface area (Å²) in [4.78, 5) is 10.3. The summed E-state index contributed by atoms with van der Waals surface area (Å²) in [6, 6.07) is 0. The van der Waals surface area contributed by atoms with Crippen molar-refractivity contribution in [1.29, 1.82) is 0 Å². The van der Waals surface area contributed by atoms with Gasteiger partial charge in [0.2, 0.25) is 0 Å². The average molecular weight is 278 g/mol. The molecule has 114 valence electrons. The Morgan fingerprint density at radius 2 is 1.84 bits per heavy atom. The number of hydrogen-bond acceptors (Lipinski definition) is 5. The number of rotatable bonds is 12. The first-order valence-corrected chi connectivity index (χ1v) is 6.71.